The molecule has 138 valence electrons. The molecule has 0 bridgehead atoms. The number of hydrogen-bond acceptors (Lipinski definition) is 4. The molecule has 0 saturated carbocycles. The third-order valence-electron chi connectivity index (χ3n) is 3.52. The van der Waals surface area contributed by atoms with Gasteiger partial charge in [0.25, 0.3) is 5.91 Å². The maximum Gasteiger partial charge on any atom is 0.262 e. The lowest BCUT2D eigenvalue weighted by atomic mass is 10.1. The fourth-order valence-corrected chi connectivity index (χ4v) is 2.99. The van der Waals surface area contributed by atoms with Gasteiger partial charge in [0, 0.05) is 12.5 Å². The van der Waals surface area contributed by atoms with Crippen LogP contribution in [0.3, 0.4) is 0 Å². The van der Waals surface area contributed by atoms with E-state index in [1.54, 1.807) is 17.5 Å². The number of nitrogens with one attached hydrogen (secondary N) is 3. The number of carbonyl (C=O) groups excluding carboxylic acids is 3. The molecule has 0 aliphatic carbocycles. The zero-order chi connectivity index (χ0) is 18.9. The first-order valence-electron chi connectivity index (χ1n) is 8.41. The number of rotatable bonds is 8. The molecule has 7 heteroatoms. The Bertz CT molecular complexity index is 730. The van der Waals surface area contributed by atoms with E-state index in [-0.39, 0.29) is 24.4 Å². The maximum atomic E-state index is 12.5. The van der Waals surface area contributed by atoms with Gasteiger partial charge in [-0.3, -0.25) is 14.4 Å². The highest BCUT2D eigenvalue weighted by Gasteiger charge is 2.22. The van der Waals surface area contributed by atoms with Crippen LogP contribution in [0.4, 0.5) is 0 Å². The van der Waals surface area contributed by atoms with Gasteiger partial charge >= 0.3 is 0 Å². The first kappa shape index (κ1) is 19.7. The third kappa shape index (κ3) is 6.33. The molecule has 0 fully saturated rings. The van der Waals surface area contributed by atoms with Crippen molar-refractivity contribution in [2.24, 2.45) is 0 Å². The minimum absolute atomic E-state index is 0.00181. The van der Waals surface area contributed by atoms with E-state index < -0.39 is 11.9 Å². The number of benzene rings is 1. The van der Waals surface area contributed by atoms with Crippen LogP contribution in [0.25, 0.3) is 0 Å². The van der Waals surface area contributed by atoms with E-state index in [2.05, 4.69) is 16.0 Å². The second-order valence-electron chi connectivity index (χ2n) is 6.13. The summed E-state index contributed by atoms with van der Waals surface area (Å²) in [5.74, 6) is -0.961. The van der Waals surface area contributed by atoms with Gasteiger partial charge in [0.15, 0.2) is 0 Å². The Balaban J connectivity index is 2.02. The molecule has 3 amide bonds. The number of hydrogen-bond donors (Lipinski definition) is 3. The van der Waals surface area contributed by atoms with Gasteiger partial charge in [-0.1, -0.05) is 36.4 Å². The van der Waals surface area contributed by atoms with Crippen molar-refractivity contribution in [1.82, 2.24) is 16.0 Å². The van der Waals surface area contributed by atoms with Crippen molar-refractivity contribution < 1.29 is 14.4 Å². The highest BCUT2D eigenvalue weighted by atomic mass is 32.1. The summed E-state index contributed by atoms with van der Waals surface area (Å²) in [6.45, 7) is 3.57. The van der Waals surface area contributed by atoms with Crippen LogP contribution < -0.4 is 16.0 Å². The van der Waals surface area contributed by atoms with Gasteiger partial charge in [-0.2, -0.15) is 0 Å². The fraction of sp³-hybridized carbons (Fsp3) is 0.316. The molecule has 1 aromatic heterocycles. The monoisotopic (exact) mass is 373 g/mol. The molecule has 0 saturated heterocycles. The maximum absolute atomic E-state index is 12.5. The van der Waals surface area contributed by atoms with Gasteiger partial charge in [0.1, 0.15) is 6.04 Å². The van der Waals surface area contributed by atoms with Crippen LogP contribution in [0.2, 0.25) is 0 Å². The third-order valence-corrected chi connectivity index (χ3v) is 4.39. The van der Waals surface area contributed by atoms with Crippen LogP contribution in [0.15, 0.2) is 47.8 Å². The SMILES string of the molecule is CC(C)NC(=O)CNC(=O)C(Cc1ccccc1)NC(=O)c1cccs1. The predicted molar refractivity (Wildman–Crippen MR) is 102 cm³/mol. The van der Waals surface area contributed by atoms with E-state index in [4.69, 9.17) is 0 Å². The second-order valence-corrected chi connectivity index (χ2v) is 7.08. The topological polar surface area (TPSA) is 87.3 Å². The van der Waals surface area contributed by atoms with Crippen molar-refractivity contribution >= 4 is 29.1 Å². The summed E-state index contributed by atoms with van der Waals surface area (Å²) >= 11 is 1.31. The summed E-state index contributed by atoms with van der Waals surface area (Å²) in [6.07, 6.45) is 0.343. The van der Waals surface area contributed by atoms with Crippen LogP contribution in [-0.4, -0.2) is 36.3 Å². The lowest BCUT2D eigenvalue weighted by Crippen LogP contribution is -2.50. The van der Waals surface area contributed by atoms with Crippen molar-refractivity contribution in [1.29, 1.82) is 0 Å². The number of thiophene rings is 1. The lowest BCUT2D eigenvalue weighted by molar-refractivity contribution is -0.127. The number of amides is 3. The normalized spacial score (nSPS) is 11.7. The average molecular weight is 373 g/mol. The first-order chi connectivity index (χ1) is 12.5. The highest BCUT2D eigenvalue weighted by Crippen LogP contribution is 2.10. The van der Waals surface area contributed by atoms with Crippen LogP contribution in [0, 0.1) is 0 Å². The molecule has 2 aromatic rings. The van der Waals surface area contributed by atoms with Crippen molar-refractivity contribution in [3.05, 3.63) is 58.3 Å². The zero-order valence-corrected chi connectivity index (χ0v) is 15.6. The molecule has 3 N–H and O–H groups in total. The molecule has 0 spiro atoms. The molecule has 0 aliphatic heterocycles. The molecule has 26 heavy (non-hydrogen) atoms. The van der Waals surface area contributed by atoms with Gasteiger partial charge < -0.3 is 16.0 Å². The fourth-order valence-electron chi connectivity index (χ4n) is 2.36. The largest absolute Gasteiger partial charge is 0.352 e. The minimum atomic E-state index is -0.765. The van der Waals surface area contributed by atoms with E-state index in [1.807, 2.05) is 44.2 Å². The van der Waals surface area contributed by atoms with E-state index in [0.29, 0.717) is 11.3 Å². The highest BCUT2D eigenvalue weighted by molar-refractivity contribution is 7.12. The van der Waals surface area contributed by atoms with Crippen molar-refractivity contribution in [2.45, 2.75) is 32.4 Å². The molecule has 0 aliphatic rings. The Kier molecular flexibility index (Phi) is 7.35. The van der Waals surface area contributed by atoms with Crippen molar-refractivity contribution in [3.8, 4) is 0 Å². The predicted octanol–water partition coefficient (Wildman–Crippen LogP) is 1.73. The molecule has 0 radical (unpaired) electrons. The first-order valence-corrected chi connectivity index (χ1v) is 9.29. The summed E-state index contributed by atoms with van der Waals surface area (Å²) in [7, 11) is 0. The molecule has 1 heterocycles. The van der Waals surface area contributed by atoms with Gasteiger partial charge in [0.2, 0.25) is 11.8 Å². The summed E-state index contributed by atoms with van der Waals surface area (Å²) in [5.41, 5.74) is 0.922. The minimum Gasteiger partial charge on any atom is -0.352 e. The van der Waals surface area contributed by atoms with Crippen LogP contribution in [0.1, 0.15) is 29.1 Å². The Morgan fingerprint density at radius 3 is 2.35 bits per heavy atom. The Hall–Kier alpha value is -2.67. The average Bonchev–Trinajstić information content (AvgIpc) is 3.14. The van der Waals surface area contributed by atoms with E-state index >= 15 is 0 Å². The molecule has 1 atom stereocenters. The quantitative estimate of drug-likeness (QED) is 0.659. The molecule has 1 unspecified atom stereocenters. The molecule has 1 aromatic carbocycles. The van der Waals surface area contributed by atoms with Gasteiger partial charge in [-0.25, -0.2) is 0 Å². The van der Waals surface area contributed by atoms with E-state index in [0.717, 1.165) is 5.56 Å². The molecular formula is C19H23N3O3S. The Labute approximate surface area is 157 Å². The van der Waals surface area contributed by atoms with E-state index in [1.165, 1.54) is 11.3 Å². The number of carbonyl (C=O) groups is 3. The Morgan fingerprint density at radius 2 is 1.73 bits per heavy atom. The molecule has 2 rings (SSSR count). The molecule has 6 nitrogen and oxygen atoms in total. The summed E-state index contributed by atoms with van der Waals surface area (Å²) < 4.78 is 0. The van der Waals surface area contributed by atoms with E-state index in [9.17, 15) is 14.4 Å². The Morgan fingerprint density at radius 1 is 1.00 bits per heavy atom. The van der Waals surface area contributed by atoms with Gasteiger partial charge in [0.05, 0.1) is 11.4 Å². The van der Waals surface area contributed by atoms with Crippen molar-refractivity contribution in [3.63, 3.8) is 0 Å². The van der Waals surface area contributed by atoms with Crippen molar-refractivity contribution in [2.75, 3.05) is 6.54 Å². The zero-order valence-electron chi connectivity index (χ0n) is 14.8. The molecular weight excluding hydrogens is 350 g/mol. The second kappa shape index (κ2) is 9.72. The lowest BCUT2D eigenvalue weighted by Gasteiger charge is -2.18. The standard InChI is InChI=1S/C19H23N3O3S/c1-13(2)21-17(23)12-20-18(24)15(11-14-7-4-3-5-8-14)22-19(25)16-9-6-10-26-16/h3-10,13,15H,11-12H2,1-2H3,(H,20,24)(H,21,23)(H,22,25). The van der Waals surface area contributed by atoms with Gasteiger partial charge in [-0.15, -0.1) is 11.3 Å². The summed E-state index contributed by atoms with van der Waals surface area (Å²) in [5, 5.41) is 9.87. The van der Waals surface area contributed by atoms with Gasteiger partial charge in [-0.05, 0) is 30.9 Å². The van der Waals surface area contributed by atoms with Crippen LogP contribution >= 0.6 is 11.3 Å². The van der Waals surface area contributed by atoms with Crippen LogP contribution in [0.5, 0.6) is 0 Å². The summed E-state index contributed by atoms with van der Waals surface area (Å²) in [6, 6.07) is 12.1. The van der Waals surface area contributed by atoms with Crippen LogP contribution in [-0.2, 0) is 16.0 Å². The summed E-state index contributed by atoms with van der Waals surface area (Å²) in [4.78, 5) is 37.1. The smallest absolute Gasteiger partial charge is 0.262 e.